The van der Waals surface area contributed by atoms with Gasteiger partial charge in [-0.1, -0.05) is 30.3 Å². The minimum atomic E-state index is 0.499. The monoisotopic (exact) mass is 204 g/mol. The van der Waals surface area contributed by atoms with Crippen molar-refractivity contribution in [1.29, 1.82) is 0 Å². The summed E-state index contributed by atoms with van der Waals surface area (Å²) in [7, 11) is 2.06. The van der Waals surface area contributed by atoms with Crippen molar-refractivity contribution in [2.24, 2.45) is 5.92 Å². The Labute approximate surface area is 92.1 Å². The van der Waals surface area contributed by atoms with Crippen LogP contribution in [0.25, 0.3) is 0 Å². The van der Waals surface area contributed by atoms with Gasteiger partial charge in [0, 0.05) is 6.04 Å². The van der Waals surface area contributed by atoms with Crippen LogP contribution >= 0.6 is 0 Å². The smallest absolute Gasteiger partial charge is 0.0358 e. The molecule has 1 aliphatic rings. The Hall–Kier alpha value is -0.860. The van der Waals surface area contributed by atoms with Gasteiger partial charge in [0.1, 0.15) is 0 Å². The molecular formula is C13H20N2. The Morgan fingerprint density at radius 2 is 2.13 bits per heavy atom. The summed E-state index contributed by atoms with van der Waals surface area (Å²) >= 11 is 0. The first-order valence-corrected chi connectivity index (χ1v) is 5.84. The molecule has 1 aromatic carbocycles. The second-order valence-electron chi connectivity index (χ2n) is 4.28. The van der Waals surface area contributed by atoms with Crippen LogP contribution in [0, 0.1) is 5.92 Å². The lowest BCUT2D eigenvalue weighted by Gasteiger charge is -2.30. The van der Waals surface area contributed by atoms with E-state index >= 15 is 0 Å². The van der Waals surface area contributed by atoms with E-state index in [0.29, 0.717) is 6.04 Å². The van der Waals surface area contributed by atoms with E-state index in [2.05, 4.69) is 48.0 Å². The Kier molecular flexibility index (Phi) is 3.75. The van der Waals surface area contributed by atoms with Crippen molar-refractivity contribution in [2.75, 3.05) is 20.1 Å². The van der Waals surface area contributed by atoms with Crippen LogP contribution in [-0.4, -0.2) is 20.1 Å². The van der Waals surface area contributed by atoms with Crippen LogP contribution in [-0.2, 0) is 0 Å². The molecule has 0 radical (unpaired) electrons. The van der Waals surface area contributed by atoms with Gasteiger partial charge in [-0.2, -0.15) is 0 Å². The van der Waals surface area contributed by atoms with Crippen LogP contribution < -0.4 is 10.6 Å². The van der Waals surface area contributed by atoms with Crippen molar-refractivity contribution >= 4 is 0 Å². The molecule has 0 saturated carbocycles. The maximum Gasteiger partial charge on any atom is 0.0358 e. The number of piperidine rings is 1. The van der Waals surface area contributed by atoms with Crippen LogP contribution in [0.15, 0.2) is 30.3 Å². The zero-order valence-electron chi connectivity index (χ0n) is 9.37. The molecule has 1 saturated heterocycles. The summed E-state index contributed by atoms with van der Waals surface area (Å²) in [4.78, 5) is 0. The van der Waals surface area contributed by atoms with Gasteiger partial charge in [-0.15, -0.1) is 0 Å². The molecule has 82 valence electrons. The number of hydrogen-bond donors (Lipinski definition) is 2. The van der Waals surface area contributed by atoms with E-state index < -0.39 is 0 Å². The molecule has 2 nitrogen and oxygen atoms in total. The summed E-state index contributed by atoms with van der Waals surface area (Å²) in [6.07, 6.45) is 2.63. The first kappa shape index (κ1) is 10.7. The lowest BCUT2D eigenvalue weighted by Crippen LogP contribution is -2.37. The normalized spacial score (nSPS) is 23.7. The summed E-state index contributed by atoms with van der Waals surface area (Å²) in [6.45, 7) is 2.32. The van der Waals surface area contributed by atoms with Crippen LogP contribution in [0.4, 0.5) is 0 Å². The minimum Gasteiger partial charge on any atom is -0.316 e. The fourth-order valence-corrected chi connectivity index (χ4v) is 2.50. The molecule has 0 aliphatic carbocycles. The Morgan fingerprint density at radius 1 is 1.33 bits per heavy atom. The number of hydrogen-bond acceptors (Lipinski definition) is 2. The van der Waals surface area contributed by atoms with Crippen molar-refractivity contribution in [1.82, 2.24) is 10.6 Å². The summed E-state index contributed by atoms with van der Waals surface area (Å²) in [5.74, 6) is 0.728. The number of benzene rings is 1. The van der Waals surface area contributed by atoms with E-state index in [1.807, 2.05) is 0 Å². The Morgan fingerprint density at radius 3 is 2.73 bits per heavy atom. The quantitative estimate of drug-likeness (QED) is 0.786. The third-order valence-corrected chi connectivity index (χ3v) is 3.28. The fraction of sp³-hybridized carbons (Fsp3) is 0.538. The third kappa shape index (κ3) is 2.58. The van der Waals surface area contributed by atoms with Crippen molar-refractivity contribution in [3.8, 4) is 0 Å². The molecule has 0 spiro atoms. The summed E-state index contributed by atoms with van der Waals surface area (Å²) < 4.78 is 0. The van der Waals surface area contributed by atoms with E-state index in [0.717, 1.165) is 12.5 Å². The number of rotatable bonds is 3. The summed E-state index contributed by atoms with van der Waals surface area (Å²) in [6, 6.07) is 11.3. The van der Waals surface area contributed by atoms with Gasteiger partial charge in [0.05, 0.1) is 0 Å². The Bertz CT molecular complexity index is 278. The summed E-state index contributed by atoms with van der Waals surface area (Å²) in [5, 5.41) is 6.93. The zero-order valence-corrected chi connectivity index (χ0v) is 9.37. The summed E-state index contributed by atoms with van der Waals surface area (Å²) in [5.41, 5.74) is 1.41. The fourth-order valence-electron chi connectivity index (χ4n) is 2.50. The van der Waals surface area contributed by atoms with E-state index in [9.17, 15) is 0 Å². The third-order valence-electron chi connectivity index (χ3n) is 3.28. The van der Waals surface area contributed by atoms with E-state index in [1.54, 1.807) is 0 Å². The molecular weight excluding hydrogens is 184 g/mol. The average molecular weight is 204 g/mol. The first-order valence-electron chi connectivity index (χ1n) is 5.84. The highest BCUT2D eigenvalue weighted by molar-refractivity contribution is 5.19. The zero-order chi connectivity index (χ0) is 10.5. The lowest BCUT2D eigenvalue weighted by atomic mass is 9.87. The van der Waals surface area contributed by atoms with Gasteiger partial charge in [-0.05, 0) is 44.5 Å². The van der Waals surface area contributed by atoms with Crippen LogP contribution in [0.5, 0.6) is 0 Å². The van der Waals surface area contributed by atoms with Crippen LogP contribution in [0.2, 0.25) is 0 Å². The molecule has 0 bridgehead atoms. The molecule has 2 heteroatoms. The van der Waals surface area contributed by atoms with Gasteiger partial charge in [0.15, 0.2) is 0 Å². The topological polar surface area (TPSA) is 24.1 Å². The van der Waals surface area contributed by atoms with Crippen LogP contribution in [0.1, 0.15) is 24.4 Å². The maximum absolute atomic E-state index is 3.48. The molecule has 2 rings (SSSR count). The molecule has 0 aromatic heterocycles. The SMILES string of the molecule is CNC(c1ccccc1)C1CCCNC1. The van der Waals surface area contributed by atoms with Gasteiger partial charge in [0.2, 0.25) is 0 Å². The van der Waals surface area contributed by atoms with Crippen LogP contribution in [0.3, 0.4) is 0 Å². The molecule has 0 amide bonds. The minimum absolute atomic E-state index is 0.499. The standard InChI is InChI=1S/C13H20N2/c1-14-13(11-6-3-2-4-7-11)12-8-5-9-15-10-12/h2-4,6-7,12-15H,5,8-10H2,1H3. The van der Waals surface area contributed by atoms with Crippen molar-refractivity contribution in [2.45, 2.75) is 18.9 Å². The Balaban J connectivity index is 2.09. The molecule has 1 fully saturated rings. The highest BCUT2D eigenvalue weighted by Crippen LogP contribution is 2.26. The molecule has 1 aliphatic heterocycles. The second kappa shape index (κ2) is 5.29. The predicted molar refractivity (Wildman–Crippen MR) is 63.8 cm³/mol. The molecule has 2 atom stereocenters. The van der Waals surface area contributed by atoms with E-state index in [4.69, 9.17) is 0 Å². The average Bonchev–Trinajstić information content (AvgIpc) is 2.33. The van der Waals surface area contributed by atoms with Crippen molar-refractivity contribution in [3.63, 3.8) is 0 Å². The van der Waals surface area contributed by atoms with Crippen molar-refractivity contribution in [3.05, 3.63) is 35.9 Å². The van der Waals surface area contributed by atoms with Gasteiger partial charge < -0.3 is 10.6 Å². The maximum atomic E-state index is 3.48. The predicted octanol–water partition coefficient (Wildman–Crippen LogP) is 1.95. The molecule has 15 heavy (non-hydrogen) atoms. The molecule has 2 N–H and O–H groups in total. The second-order valence-corrected chi connectivity index (χ2v) is 4.28. The van der Waals surface area contributed by atoms with Crippen molar-refractivity contribution < 1.29 is 0 Å². The molecule has 2 unspecified atom stereocenters. The van der Waals surface area contributed by atoms with E-state index in [-0.39, 0.29) is 0 Å². The highest BCUT2D eigenvalue weighted by Gasteiger charge is 2.22. The number of nitrogens with one attached hydrogen (secondary N) is 2. The van der Waals surface area contributed by atoms with Gasteiger partial charge in [0.25, 0.3) is 0 Å². The van der Waals surface area contributed by atoms with E-state index in [1.165, 1.54) is 24.9 Å². The molecule has 1 heterocycles. The molecule has 1 aromatic rings. The largest absolute Gasteiger partial charge is 0.316 e. The van der Waals surface area contributed by atoms with Gasteiger partial charge >= 0.3 is 0 Å². The first-order chi connectivity index (χ1) is 7.42. The van der Waals surface area contributed by atoms with Gasteiger partial charge in [-0.3, -0.25) is 0 Å². The lowest BCUT2D eigenvalue weighted by molar-refractivity contribution is 0.298. The highest BCUT2D eigenvalue weighted by atomic mass is 14.9. The van der Waals surface area contributed by atoms with Gasteiger partial charge in [-0.25, -0.2) is 0 Å².